The number of nitrogens with zero attached hydrogens (tertiary/aromatic N) is 2. The summed E-state index contributed by atoms with van der Waals surface area (Å²) in [5, 5.41) is 4.27. The molecule has 0 amide bonds. The molecule has 0 bridgehead atoms. The van der Waals surface area contributed by atoms with Gasteiger partial charge >= 0.3 is 0 Å². The van der Waals surface area contributed by atoms with E-state index in [0.29, 0.717) is 0 Å². The third kappa shape index (κ3) is 2.56. The summed E-state index contributed by atoms with van der Waals surface area (Å²) < 4.78 is 6.12. The van der Waals surface area contributed by atoms with Crippen molar-refractivity contribution in [2.24, 2.45) is 4.99 Å². The Balaban J connectivity index is 2.32. The van der Waals surface area contributed by atoms with Crippen molar-refractivity contribution >= 4 is 16.8 Å². The molecule has 1 aliphatic carbocycles. The van der Waals surface area contributed by atoms with Crippen molar-refractivity contribution in [3.05, 3.63) is 40.7 Å². The van der Waals surface area contributed by atoms with E-state index < -0.39 is 0 Å². The standard InChI is InChI=1S/C18H21N3O/c1-5-19-13-7-11(3)17-15(9-13)22-16-10-14(20-6-2)8-12(4)18(16)21-17/h7-10,19H,5-6H2,1-4H3. The molecule has 0 saturated carbocycles. The van der Waals surface area contributed by atoms with Gasteiger partial charge < -0.3 is 9.73 Å². The minimum Gasteiger partial charge on any atom is -0.453 e. The largest absolute Gasteiger partial charge is 0.453 e. The molecular formula is C18H21N3O. The van der Waals surface area contributed by atoms with E-state index in [1.54, 1.807) is 0 Å². The van der Waals surface area contributed by atoms with Crippen molar-refractivity contribution in [1.29, 1.82) is 0 Å². The van der Waals surface area contributed by atoms with E-state index in [1.807, 2.05) is 26.0 Å². The quantitative estimate of drug-likeness (QED) is 0.745. The van der Waals surface area contributed by atoms with Crippen molar-refractivity contribution in [1.82, 2.24) is 4.98 Å². The number of anilines is 1. The number of aromatic nitrogens is 1. The Morgan fingerprint density at radius 1 is 1.09 bits per heavy atom. The number of aryl methyl sites for hydroxylation is 2. The SMILES string of the molecule is CCN=c1cc2oc3cc(NCC)cc(C)c3nc-2c(C)c1. The summed E-state index contributed by atoms with van der Waals surface area (Å²) in [5.41, 5.74) is 5.88. The highest BCUT2D eigenvalue weighted by Crippen LogP contribution is 2.29. The van der Waals surface area contributed by atoms with Gasteiger partial charge in [-0.3, -0.25) is 4.99 Å². The van der Waals surface area contributed by atoms with Crippen molar-refractivity contribution in [2.75, 3.05) is 18.4 Å². The molecule has 3 rings (SSSR count). The van der Waals surface area contributed by atoms with Crippen LogP contribution in [0.25, 0.3) is 22.6 Å². The third-order valence-corrected chi connectivity index (χ3v) is 3.68. The van der Waals surface area contributed by atoms with Gasteiger partial charge in [0.05, 0.1) is 5.36 Å². The first-order valence-electron chi connectivity index (χ1n) is 7.72. The van der Waals surface area contributed by atoms with Gasteiger partial charge in [0.25, 0.3) is 0 Å². The van der Waals surface area contributed by atoms with Crippen LogP contribution in [0.15, 0.2) is 33.7 Å². The van der Waals surface area contributed by atoms with Crippen LogP contribution in [0.5, 0.6) is 0 Å². The van der Waals surface area contributed by atoms with Gasteiger partial charge in [-0.05, 0) is 51.0 Å². The second kappa shape index (κ2) is 5.79. The van der Waals surface area contributed by atoms with E-state index in [9.17, 15) is 0 Å². The van der Waals surface area contributed by atoms with Crippen molar-refractivity contribution in [2.45, 2.75) is 27.7 Å². The maximum atomic E-state index is 6.12. The Morgan fingerprint density at radius 2 is 1.91 bits per heavy atom. The first-order chi connectivity index (χ1) is 10.6. The summed E-state index contributed by atoms with van der Waals surface area (Å²) in [5.74, 6) is 0.785. The van der Waals surface area contributed by atoms with Crippen LogP contribution in [0, 0.1) is 13.8 Å². The molecule has 1 heterocycles. The summed E-state index contributed by atoms with van der Waals surface area (Å²) >= 11 is 0. The number of hydrogen-bond acceptors (Lipinski definition) is 4. The lowest BCUT2D eigenvalue weighted by Gasteiger charge is -2.12. The molecule has 1 N–H and O–H groups in total. The number of fused-ring (bicyclic) bond motifs is 2. The van der Waals surface area contributed by atoms with Gasteiger partial charge in [0.2, 0.25) is 0 Å². The number of rotatable bonds is 3. The summed E-state index contributed by atoms with van der Waals surface area (Å²) in [7, 11) is 0. The Hall–Kier alpha value is -2.36. The highest BCUT2D eigenvalue weighted by Gasteiger charge is 2.14. The van der Waals surface area contributed by atoms with E-state index in [2.05, 4.69) is 36.3 Å². The minimum absolute atomic E-state index is 0.760. The van der Waals surface area contributed by atoms with Crippen LogP contribution in [0.1, 0.15) is 25.0 Å². The molecule has 22 heavy (non-hydrogen) atoms. The smallest absolute Gasteiger partial charge is 0.155 e. The van der Waals surface area contributed by atoms with Crippen LogP contribution >= 0.6 is 0 Å². The van der Waals surface area contributed by atoms with Crippen molar-refractivity contribution in [3.8, 4) is 11.5 Å². The highest BCUT2D eigenvalue weighted by molar-refractivity contribution is 5.83. The van der Waals surface area contributed by atoms with Crippen LogP contribution in [0.4, 0.5) is 5.69 Å². The van der Waals surface area contributed by atoms with Crippen LogP contribution in [0.3, 0.4) is 0 Å². The molecule has 4 heteroatoms. The van der Waals surface area contributed by atoms with Crippen molar-refractivity contribution in [3.63, 3.8) is 0 Å². The third-order valence-electron chi connectivity index (χ3n) is 3.68. The Kier molecular flexibility index (Phi) is 3.84. The second-order valence-corrected chi connectivity index (χ2v) is 5.47. The van der Waals surface area contributed by atoms with Gasteiger partial charge in [-0.25, -0.2) is 4.98 Å². The summed E-state index contributed by atoms with van der Waals surface area (Å²) in [6.07, 6.45) is 0. The molecule has 1 aromatic carbocycles. The average molecular weight is 295 g/mol. The molecule has 4 nitrogen and oxygen atoms in total. The molecule has 0 aromatic heterocycles. The first-order valence-corrected chi connectivity index (χ1v) is 7.72. The fourth-order valence-electron chi connectivity index (χ4n) is 2.73. The van der Waals surface area contributed by atoms with E-state index >= 15 is 0 Å². The summed E-state index contributed by atoms with van der Waals surface area (Å²) in [4.78, 5) is 9.28. The van der Waals surface area contributed by atoms with Gasteiger partial charge in [0.15, 0.2) is 11.3 Å². The maximum absolute atomic E-state index is 6.12. The van der Waals surface area contributed by atoms with Crippen LogP contribution in [-0.4, -0.2) is 18.1 Å². The minimum atomic E-state index is 0.760. The van der Waals surface area contributed by atoms with Gasteiger partial charge in [-0.1, -0.05) is 0 Å². The number of hydrogen-bond donors (Lipinski definition) is 1. The Morgan fingerprint density at radius 3 is 2.64 bits per heavy atom. The summed E-state index contributed by atoms with van der Waals surface area (Å²) in [6.45, 7) is 9.86. The molecular weight excluding hydrogens is 274 g/mol. The molecule has 0 saturated heterocycles. The fraction of sp³-hybridized carbons (Fsp3) is 0.333. The molecule has 1 aliphatic heterocycles. The predicted octanol–water partition coefficient (Wildman–Crippen LogP) is 3.90. The molecule has 0 spiro atoms. The van der Waals surface area contributed by atoms with Crippen LogP contribution in [-0.2, 0) is 0 Å². The van der Waals surface area contributed by atoms with E-state index in [1.165, 1.54) is 0 Å². The molecule has 1 aromatic rings. The van der Waals surface area contributed by atoms with Crippen LogP contribution in [0.2, 0.25) is 0 Å². The zero-order valence-corrected chi connectivity index (χ0v) is 13.5. The average Bonchev–Trinajstić information content (AvgIpc) is 2.46. The monoisotopic (exact) mass is 295 g/mol. The van der Waals surface area contributed by atoms with Gasteiger partial charge in [0, 0.05) is 30.9 Å². The maximum Gasteiger partial charge on any atom is 0.155 e. The molecule has 0 atom stereocenters. The second-order valence-electron chi connectivity index (χ2n) is 5.47. The van der Waals surface area contributed by atoms with E-state index in [4.69, 9.17) is 9.40 Å². The topological polar surface area (TPSA) is 50.4 Å². The fourth-order valence-corrected chi connectivity index (χ4v) is 2.73. The summed E-state index contributed by atoms with van der Waals surface area (Å²) in [6, 6.07) is 8.14. The lowest BCUT2D eigenvalue weighted by atomic mass is 10.1. The molecule has 114 valence electrons. The first kappa shape index (κ1) is 14.6. The molecule has 0 radical (unpaired) electrons. The van der Waals surface area contributed by atoms with E-state index in [-0.39, 0.29) is 0 Å². The lowest BCUT2D eigenvalue weighted by Crippen LogP contribution is -2.06. The highest BCUT2D eigenvalue weighted by atomic mass is 16.3. The Bertz CT molecular complexity index is 864. The molecule has 0 fully saturated rings. The van der Waals surface area contributed by atoms with Gasteiger partial charge in [0.1, 0.15) is 11.2 Å². The zero-order chi connectivity index (χ0) is 15.7. The normalized spacial score (nSPS) is 12.3. The Labute approximate surface area is 130 Å². The lowest BCUT2D eigenvalue weighted by molar-refractivity contribution is 0.611. The zero-order valence-electron chi connectivity index (χ0n) is 13.5. The van der Waals surface area contributed by atoms with E-state index in [0.717, 1.165) is 57.8 Å². The van der Waals surface area contributed by atoms with Crippen molar-refractivity contribution < 1.29 is 4.42 Å². The van der Waals surface area contributed by atoms with Gasteiger partial charge in [-0.2, -0.15) is 0 Å². The number of benzene rings is 2. The number of nitrogens with one attached hydrogen (secondary N) is 1. The van der Waals surface area contributed by atoms with Gasteiger partial charge in [-0.15, -0.1) is 0 Å². The molecule has 0 unspecified atom stereocenters. The molecule has 2 aliphatic rings. The predicted molar refractivity (Wildman–Crippen MR) is 90.4 cm³/mol. The van der Waals surface area contributed by atoms with Crippen LogP contribution < -0.4 is 10.7 Å².